The molecule has 5 heteroatoms. The van der Waals surface area contributed by atoms with Crippen molar-refractivity contribution in [2.45, 2.75) is 13.8 Å². The largest absolute Gasteiger partial charge is 0.396 e. The van der Waals surface area contributed by atoms with E-state index in [2.05, 4.69) is 22.1 Å². The van der Waals surface area contributed by atoms with Crippen LogP contribution in [0.2, 0.25) is 0 Å². The van der Waals surface area contributed by atoms with Gasteiger partial charge in [0.05, 0.1) is 17.9 Å². The third-order valence-corrected chi connectivity index (χ3v) is 1.92. The molecule has 0 aliphatic rings. The van der Waals surface area contributed by atoms with E-state index in [0.717, 1.165) is 11.3 Å². The monoisotopic (exact) mass is 218 g/mol. The number of carbonyl (C=O) groups is 1. The highest BCUT2D eigenvalue weighted by molar-refractivity contribution is 5.73. The molecule has 0 atom stereocenters. The molecule has 0 aliphatic carbocycles. The molecule has 0 saturated heterocycles. The van der Waals surface area contributed by atoms with Crippen molar-refractivity contribution in [3.8, 4) is 11.8 Å². The Bertz CT molecular complexity index is 471. The van der Waals surface area contributed by atoms with Crippen LogP contribution in [0.3, 0.4) is 0 Å². The Labute approximate surface area is 94.2 Å². The van der Waals surface area contributed by atoms with Crippen LogP contribution < -0.4 is 16.8 Å². The molecular formula is C11H14N4O. The van der Waals surface area contributed by atoms with Gasteiger partial charge < -0.3 is 16.8 Å². The first-order chi connectivity index (χ1) is 7.50. The van der Waals surface area contributed by atoms with Gasteiger partial charge in [0.1, 0.15) is 5.82 Å². The summed E-state index contributed by atoms with van der Waals surface area (Å²) in [5.74, 6) is 5.88. The van der Waals surface area contributed by atoms with E-state index in [9.17, 15) is 4.79 Å². The van der Waals surface area contributed by atoms with E-state index < -0.39 is 0 Å². The second-order valence-electron chi connectivity index (χ2n) is 3.31. The van der Waals surface area contributed by atoms with Crippen LogP contribution in [0, 0.1) is 18.8 Å². The molecule has 0 aromatic carbocycles. The van der Waals surface area contributed by atoms with E-state index in [1.807, 2.05) is 0 Å². The molecule has 5 nitrogen and oxygen atoms in total. The normalized spacial score (nSPS) is 9.12. The average molecular weight is 218 g/mol. The second-order valence-corrected chi connectivity index (χ2v) is 3.31. The van der Waals surface area contributed by atoms with Gasteiger partial charge in [-0.25, -0.2) is 4.98 Å². The number of nitrogens with one attached hydrogen (secondary N) is 1. The lowest BCUT2D eigenvalue weighted by Crippen LogP contribution is -2.19. The molecule has 0 radical (unpaired) electrons. The number of aromatic nitrogens is 1. The standard InChI is InChI=1S/C11H14N4O/c1-7-9(4-3-5-14-8(2)16)6-10(12)11(13)15-7/h6H,5,12H2,1-2H3,(H2,13,15)(H,14,16). The summed E-state index contributed by atoms with van der Waals surface area (Å²) in [6.45, 7) is 3.55. The van der Waals surface area contributed by atoms with E-state index >= 15 is 0 Å². The summed E-state index contributed by atoms with van der Waals surface area (Å²) in [6.07, 6.45) is 0. The van der Waals surface area contributed by atoms with Crippen molar-refractivity contribution in [2.75, 3.05) is 18.0 Å². The molecule has 1 amide bonds. The Hall–Kier alpha value is -2.22. The fourth-order valence-electron chi connectivity index (χ4n) is 1.07. The molecule has 5 N–H and O–H groups in total. The number of aryl methyl sites for hydroxylation is 1. The van der Waals surface area contributed by atoms with E-state index in [4.69, 9.17) is 11.5 Å². The Kier molecular flexibility index (Phi) is 3.72. The van der Waals surface area contributed by atoms with Gasteiger partial charge in [-0.1, -0.05) is 11.8 Å². The molecule has 0 fully saturated rings. The van der Waals surface area contributed by atoms with E-state index in [0.29, 0.717) is 18.1 Å². The highest BCUT2D eigenvalue weighted by Gasteiger charge is 2.01. The van der Waals surface area contributed by atoms with Crippen LogP contribution in [-0.4, -0.2) is 17.4 Å². The molecule has 1 rings (SSSR count). The maximum atomic E-state index is 10.6. The third-order valence-electron chi connectivity index (χ3n) is 1.92. The van der Waals surface area contributed by atoms with Crippen LogP contribution in [0.5, 0.6) is 0 Å². The van der Waals surface area contributed by atoms with Crippen LogP contribution in [-0.2, 0) is 4.79 Å². The van der Waals surface area contributed by atoms with Crippen LogP contribution in [0.4, 0.5) is 11.5 Å². The number of nitrogens with zero attached hydrogens (tertiary/aromatic N) is 1. The maximum Gasteiger partial charge on any atom is 0.217 e. The number of pyridine rings is 1. The molecule has 0 saturated carbocycles. The summed E-state index contributed by atoms with van der Waals surface area (Å²) in [7, 11) is 0. The third kappa shape index (κ3) is 3.17. The van der Waals surface area contributed by atoms with Crippen molar-refractivity contribution in [1.82, 2.24) is 10.3 Å². The zero-order valence-corrected chi connectivity index (χ0v) is 9.29. The zero-order chi connectivity index (χ0) is 12.1. The van der Waals surface area contributed by atoms with Gasteiger partial charge >= 0.3 is 0 Å². The van der Waals surface area contributed by atoms with Crippen molar-refractivity contribution in [2.24, 2.45) is 0 Å². The number of hydrogen-bond donors (Lipinski definition) is 3. The smallest absolute Gasteiger partial charge is 0.217 e. The Morgan fingerprint density at radius 1 is 1.56 bits per heavy atom. The molecule has 84 valence electrons. The molecule has 1 heterocycles. The topological polar surface area (TPSA) is 94.0 Å². The number of hydrogen-bond acceptors (Lipinski definition) is 4. The number of carbonyl (C=O) groups excluding carboxylic acids is 1. The highest BCUT2D eigenvalue weighted by Crippen LogP contribution is 2.15. The predicted molar refractivity (Wildman–Crippen MR) is 63.4 cm³/mol. The highest BCUT2D eigenvalue weighted by atomic mass is 16.1. The number of nitrogens with two attached hydrogens (primary N) is 2. The van der Waals surface area contributed by atoms with E-state index in [1.165, 1.54) is 6.92 Å². The molecule has 0 aliphatic heterocycles. The van der Waals surface area contributed by atoms with Crippen LogP contribution in [0.25, 0.3) is 0 Å². The summed E-state index contributed by atoms with van der Waals surface area (Å²) < 4.78 is 0. The summed E-state index contributed by atoms with van der Waals surface area (Å²) >= 11 is 0. The van der Waals surface area contributed by atoms with Gasteiger partial charge in [0.2, 0.25) is 5.91 Å². The van der Waals surface area contributed by atoms with Gasteiger partial charge in [0, 0.05) is 12.5 Å². The minimum Gasteiger partial charge on any atom is -0.396 e. The predicted octanol–water partition coefficient (Wildman–Crippen LogP) is 0.0420. The number of rotatable bonds is 1. The number of anilines is 2. The van der Waals surface area contributed by atoms with Crippen molar-refractivity contribution in [3.05, 3.63) is 17.3 Å². The minimum absolute atomic E-state index is 0.110. The van der Waals surface area contributed by atoms with Gasteiger partial charge in [-0.05, 0) is 13.0 Å². The minimum atomic E-state index is -0.110. The first kappa shape index (κ1) is 11.9. The van der Waals surface area contributed by atoms with Crippen LogP contribution in [0.1, 0.15) is 18.2 Å². The van der Waals surface area contributed by atoms with Gasteiger partial charge in [-0.3, -0.25) is 4.79 Å². The van der Waals surface area contributed by atoms with Crippen molar-refractivity contribution < 1.29 is 4.79 Å². The maximum absolute atomic E-state index is 10.6. The Balaban J connectivity index is 2.81. The van der Waals surface area contributed by atoms with Crippen molar-refractivity contribution >= 4 is 17.4 Å². The number of amides is 1. The lowest BCUT2D eigenvalue weighted by atomic mass is 10.2. The SMILES string of the molecule is CC(=O)NCC#Cc1cc(N)c(N)nc1C. The molecule has 0 bridgehead atoms. The van der Waals surface area contributed by atoms with E-state index in [-0.39, 0.29) is 5.91 Å². The number of nitrogen functional groups attached to an aromatic ring is 2. The molecule has 0 spiro atoms. The molecular weight excluding hydrogens is 204 g/mol. The van der Waals surface area contributed by atoms with Crippen molar-refractivity contribution in [1.29, 1.82) is 0 Å². The van der Waals surface area contributed by atoms with Gasteiger partial charge in [-0.2, -0.15) is 0 Å². The molecule has 1 aromatic heterocycles. The van der Waals surface area contributed by atoms with Crippen LogP contribution >= 0.6 is 0 Å². The van der Waals surface area contributed by atoms with Gasteiger partial charge in [0.15, 0.2) is 0 Å². The summed E-state index contributed by atoms with van der Waals surface area (Å²) in [4.78, 5) is 14.6. The first-order valence-electron chi connectivity index (χ1n) is 4.76. The quantitative estimate of drug-likeness (QED) is 0.580. The first-order valence-corrected chi connectivity index (χ1v) is 4.76. The van der Waals surface area contributed by atoms with Crippen molar-refractivity contribution in [3.63, 3.8) is 0 Å². The van der Waals surface area contributed by atoms with Crippen LogP contribution in [0.15, 0.2) is 6.07 Å². The van der Waals surface area contributed by atoms with Gasteiger partial charge in [-0.15, -0.1) is 0 Å². The molecule has 16 heavy (non-hydrogen) atoms. The summed E-state index contributed by atoms with van der Waals surface area (Å²) in [6, 6.07) is 1.68. The average Bonchev–Trinajstić information content (AvgIpc) is 2.19. The summed E-state index contributed by atoms with van der Waals surface area (Å²) in [5.41, 5.74) is 13.0. The Morgan fingerprint density at radius 3 is 2.88 bits per heavy atom. The second kappa shape index (κ2) is 5.03. The van der Waals surface area contributed by atoms with E-state index in [1.54, 1.807) is 13.0 Å². The zero-order valence-electron chi connectivity index (χ0n) is 9.29. The lowest BCUT2D eigenvalue weighted by Gasteiger charge is -2.02. The van der Waals surface area contributed by atoms with Gasteiger partial charge in [0.25, 0.3) is 0 Å². The molecule has 1 aromatic rings. The Morgan fingerprint density at radius 2 is 2.25 bits per heavy atom. The fraction of sp³-hybridized carbons (Fsp3) is 0.273. The fourth-order valence-corrected chi connectivity index (χ4v) is 1.07. The summed E-state index contributed by atoms with van der Waals surface area (Å²) in [5, 5.41) is 2.57. The lowest BCUT2D eigenvalue weighted by molar-refractivity contribution is -0.118. The molecule has 0 unspecified atom stereocenters.